The van der Waals surface area contributed by atoms with E-state index in [2.05, 4.69) is 40.6 Å². The predicted molar refractivity (Wildman–Crippen MR) is 208 cm³/mol. The number of nitrogens with zero attached hydrogens (tertiary/aromatic N) is 6. The molecule has 0 spiro atoms. The zero-order valence-corrected chi connectivity index (χ0v) is 31.8. The molecule has 2 saturated heterocycles. The molecule has 0 radical (unpaired) electrons. The number of likely N-dealkylation sites (N-methyl/N-ethyl adjacent to an activating group) is 1. The summed E-state index contributed by atoms with van der Waals surface area (Å²) < 4.78 is 48.5. The van der Waals surface area contributed by atoms with Crippen molar-refractivity contribution in [2.45, 2.75) is 19.3 Å². The van der Waals surface area contributed by atoms with Crippen molar-refractivity contribution in [3.05, 3.63) is 35.9 Å². The maximum Gasteiger partial charge on any atom is 0.319 e. The number of hydrogen-bond donors (Lipinski definition) is 4. The van der Waals surface area contributed by atoms with E-state index >= 15 is 4.39 Å². The molecule has 0 unspecified atom stereocenters. The number of fused-ring (bicyclic) bond motifs is 2. The van der Waals surface area contributed by atoms with Gasteiger partial charge in [0.15, 0.2) is 10.9 Å². The Morgan fingerprint density at radius 2 is 1.56 bits per heavy atom. The molecule has 14 nitrogen and oxygen atoms in total. The minimum atomic E-state index is -0.541. The van der Waals surface area contributed by atoms with Gasteiger partial charge in [-0.05, 0) is 38.1 Å². The molecule has 2 aliphatic heterocycles. The monoisotopic (exact) mass is 770 g/mol. The number of piperazine rings is 2. The maximum absolute atomic E-state index is 16.5. The number of nitrogen functional groups attached to an aromatic ring is 1. The van der Waals surface area contributed by atoms with Gasteiger partial charge in [-0.25, -0.2) is 13.8 Å². The number of ether oxygens (including phenoxy) is 3. The van der Waals surface area contributed by atoms with Crippen LogP contribution in [0.5, 0.6) is 6.01 Å². The highest BCUT2D eigenvalue weighted by molar-refractivity contribution is 7.22. The molecule has 2 aromatic carbocycles. The summed E-state index contributed by atoms with van der Waals surface area (Å²) in [5.74, 6) is -0.372. The SMILES string of the molecule is CNCCOCCNC(=O)CCOCCCN1CCN(CCCOc2nc(N3CCNCC3)c3ccc(-c4ccc(F)c5sc(N)nc45)c(F)c3n2)CC1. The summed E-state index contributed by atoms with van der Waals surface area (Å²) >= 11 is 1.04. The highest BCUT2D eigenvalue weighted by Gasteiger charge is 2.23. The second kappa shape index (κ2) is 20.2. The summed E-state index contributed by atoms with van der Waals surface area (Å²) in [6, 6.07) is 6.48. The number of benzene rings is 2. The summed E-state index contributed by atoms with van der Waals surface area (Å²) in [6.45, 7) is 12.6. The van der Waals surface area contributed by atoms with Crippen LogP contribution >= 0.6 is 11.3 Å². The van der Waals surface area contributed by atoms with Crippen LogP contribution in [0.4, 0.5) is 19.7 Å². The van der Waals surface area contributed by atoms with Crippen LogP contribution in [-0.2, 0) is 14.3 Å². The zero-order chi connectivity index (χ0) is 37.7. The summed E-state index contributed by atoms with van der Waals surface area (Å²) in [6.07, 6.45) is 2.05. The molecule has 4 heterocycles. The summed E-state index contributed by atoms with van der Waals surface area (Å²) in [4.78, 5) is 32.6. The highest BCUT2D eigenvalue weighted by Crippen LogP contribution is 2.38. The van der Waals surface area contributed by atoms with Crippen LogP contribution in [0.1, 0.15) is 19.3 Å². The van der Waals surface area contributed by atoms with Crippen molar-refractivity contribution in [1.29, 1.82) is 0 Å². The Kier molecular flexibility index (Phi) is 14.9. The first-order valence-corrected chi connectivity index (χ1v) is 19.7. The van der Waals surface area contributed by atoms with Crippen molar-refractivity contribution in [1.82, 2.24) is 40.7 Å². The second-order valence-corrected chi connectivity index (χ2v) is 14.4. The number of nitrogens with two attached hydrogens (primary N) is 1. The summed E-state index contributed by atoms with van der Waals surface area (Å²) in [7, 11) is 1.87. The molecule has 1 amide bonds. The second-order valence-electron chi connectivity index (χ2n) is 13.4. The molecule has 2 aromatic heterocycles. The van der Waals surface area contributed by atoms with E-state index in [1.165, 1.54) is 12.1 Å². The highest BCUT2D eigenvalue weighted by atomic mass is 32.1. The van der Waals surface area contributed by atoms with Crippen LogP contribution in [0.2, 0.25) is 0 Å². The molecular weight excluding hydrogens is 719 g/mol. The molecule has 294 valence electrons. The molecule has 2 aliphatic rings. The number of aromatic nitrogens is 3. The topological polar surface area (TPSA) is 155 Å². The maximum atomic E-state index is 16.5. The van der Waals surface area contributed by atoms with E-state index in [0.717, 1.165) is 96.2 Å². The van der Waals surface area contributed by atoms with E-state index < -0.39 is 11.6 Å². The molecular formula is C37H52F2N10O4S. The number of anilines is 2. The van der Waals surface area contributed by atoms with Crippen molar-refractivity contribution in [3.63, 3.8) is 0 Å². The molecule has 5 N–H and O–H groups in total. The van der Waals surface area contributed by atoms with Crippen LogP contribution in [0.25, 0.3) is 32.2 Å². The average molecular weight is 771 g/mol. The van der Waals surface area contributed by atoms with Gasteiger partial charge in [-0.2, -0.15) is 9.97 Å². The summed E-state index contributed by atoms with van der Waals surface area (Å²) in [5.41, 5.74) is 7.09. The van der Waals surface area contributed by atoms with Gasteiger partial charge < -0.3 is 50.6 Å². The van der Waals surface area contributed by atoms with Crippen molar-refractivity contribution in [2.75, 3.05) is 129 Å². The number of thiazole rings is 1. The first-order valence-electron chi connectivity index (χ1n) is 18.9. The first kappa shape index (κ1) is 39.8. The van der Waals surface area contributed by atoms with Gasteiger partial charge in [-0.15, -0.1) is 0 Å². The van der Waals surface area contributed by atoms with Crippen molar-refractivity contribution < 1.29 is 27.8 Å². The third kappa shape index (κ3) is 10.7. The van der Waals surface area contributed by atoms with Gasteiger partial charge in [0.05, 0.1) is 36.6 Å². The predicted octanol–water partition coefficient (Wildman–Crippen LogP) is 2.71. The molecule has 54 heavy (non-hydrogen) atoms. The molecule has 2 fully saturated rings. The molecule has 0 bridgehead atoms. The van der Waals surface area contributed by atoms with E-state index in [9.17, 15) is 9.18 Å². The largest absolute Gasteiger partial charge is 0.463 e. The molecule has 17 heteroatoms. The van der Waals surface area contributed by atoms with Crippen molar-refractivity contribution in [3.8, 4) is 17.1 Å². The zero-order valence-electron chi connectivity index (χ0n) is 31.0. The number of halogens is 2. The number of amides is 1. The number of rotatable bonds is 20. The fourth-order valence-corrected chi connectivity index (χ4v) is 7.46. The Balaban J connectivity index is 0.958. The molecule has 0 aliphatic carbocycles. The number of nitrogens with one attached hydrogen (secondary N) is 3. The van der Waals surface area contributed by atoms with Crippen LogP contribution < -0.4 is 31.3 Å². The Morgan fingerprint density at radius 3 is 2.31 bits per heavy atom. The van der Waals surface area contributed by atoms with Gasteiger partial charge in [-0.3, -0.25) is 4.79 Å². The summed E-state index contributed by atoms with van der Waals surface area (Å²) in [5, 5.41) is 10.0. The van der Waals surface area contributed by atoms with Gasteiger partial charge in [0, 0.05) is 108 Å². The van der Waals surface area contributed by atoms with Crippen molar-refractivity contribution in [2.24, 2.45) is 0 Å². The lowest BCUT2D eigenvalue weighted by molar-refractivity contribution is -0.122. The third-order valence-corrected chi connectivity index (χ3v) is 10.5. The first-order chi connectivity index (χ1) is 26.4. The average Bonchev–Trinajstić information content (AvgIpc) is 3.59. The smallest absolute Gasteiger partial charge is 0.319 e. The molecule has 4 aromatic rings. The third-order valence-electron chi connectivity index (χ3n) is 9.60. The Bertz CT molecular complexity index is 1820. The number of carbonyl (C=O) groups excluding carboxylic acids is 1. The van der Waals surface area contributed by atoms with Gasteiger partial charge in [0.1, 0.15) is 17.2 Å². The van der Waals surface area contributed by atoms with Crippen molar-refractivity contribution >= 4 is 49.3 Å². The normalized spacial score (nSPS) is 15.7. The Morgan fingerprint density at radius 1 is 0.852 bits per heavy atom. The standard InChI is InChI=1S/C37H52F2N10O4S/c1-41-11-24-52-25-12-43-30(50)8-23-51-21-2-13-47-17-19-48(20-18-47)14-3-22-53-37-45-32-28(35(46-37)49-15-9-42-10-16-49)5-4-26(31(32)39)27-6-7-29(38)34-33(27)44-36(40)54-34/h4-7,41-42H,2-3,8-25H2,1H3,(H2,40,44)(H,43,50). The van der Waals surface area contributed by atoms with Crippen LogP contribution in [0.15, 0.2) is 24.3 Å². The van der Waals surface area contributed by atoms with Gasteiger partial charge >= 0.3 is 6.01 Å². The fraction of sp³-hybridized carbons (Fsp3) is 0.568. The van der Waals surface area contributed by atoms with E-state index in [1.807, 2.05) is 13.1 Å². The van der Waals surface area contributed by atoms with Gasteiger partial charge in [0.25, 0.3) is 0 Å². The fourth-order valence-electron chi connectivity index (χ4n) is 6.70. The van der Waals surface area contributed by atoms with Gasteiger partial charge in [0.2, 0.25) is 5.91 Å². The van der Waals surface area contributed by atoms with E-state index in [1.54, 1.807) is 6.07 Å². The lowest BCUT2D eigenvalue weighted by atomic mass is 10.0. The lowest BCUT2D eigenvalue weighted by Crippen LogP contribution is -2.47. The number of hydrogen-bond acceptors (Lipinski definition) is 14. The lowest BCUT2D eigenvalue weighted by Gasteiger charge is -2.34. The molecule has 0 atom stereocenters. The quantitative estimate of drug-likeness (QED) is 0.0976. The Labute approximate surface area is 318 Å². The van der Waals surface area contributed by atoms with E-state index in [0.29, 0.717) is 68.3 Å². The van der Waals surface area contributed by atoms with E-state index in [-0.39, 0.29) is 32.8 Å². The number of carbonyl (C=O) groups is 1. The van der Waals surface area contributed by atoms with Crippen LogP contribution in [-0.4, -0.2) is 149 Å². The molecule has 0 saturated carbocycles. The van der Waals surface area contributed by atoms with Gasteiger partial charge in [-0.1, -0.05) is 17.4 Å². The Hall–Kier alpha value is -3.84. The minimum absolute atomic E-state index is 0.0196. The minimum Gasteiger partial charge on any atom is -0.463 e. The van der Waals surface area contributed by atoms with Crippen LogP contribution in [0.3, 0.4) is 0 Å². The molecule has 6 rings (SSSR count). The van der Waals surface area contributed by atoms with Crippen LogP contribution in [0, 0.1) is 11.6 Å². The van der Waals surface area contributed by atoms with E-state index in [4.69, 9.17) is 24.9 Å².